The number of likely N-dealkylation sites (N-methyl/N-ethyl adjacent to an activating group) is 1. The number of benzene rings is 2. The number of rotatable bonds is 2. The molecule has 0 bridgehead atoms. The summed E-state index contributed by atoms with van der Waals surface area (Å²) < 4.78 is 36.0. The molecule has 1 atom stereocenters. The fraction of sp³-hybridized carbons (Fsp3) is 0.150. The van der Waals surface area contributed by atoms with E-state index in [2.05, 4.69) is 9.97 Å². The van der Waals surface area contributed by atoms with E-state index in [0.29, 0.717) is 27.9 Å². The molecular formula is C20H14ClF2N5O2. The summed E-state index contributed by atoms with van der Waals surface area (Å²) >= 11 is 5.80. The minimum absolute atomic E-state index is 0.0694. The van der Waals surface area contributed by atoms with E-state index in [-0.39, 0.29) is 23.0 Å². The number of anilines is 1. The maximum atomic E-state index is 14.8. The van der Waals surface area contributed by atoms with E-state index in [0.717, 1.165) is 6.07 Å². The van der Waals surface area contributed by atoms with Gasteiger partial charge in [-0.15, -0.1) is 0 Å². The van der Waals surface area contributed by atoms with Gasteiger partial charge < -0.3 is 15.4 Å². The van der Waals surface area contributed by atoms with E-state index >= 15 is 0 Å². The van der Waals surface area contributed by atoms with Crippen molar-refractivity contribution in [2.75, 3.05) is 19.4 Å². The summed E-state index contributed by atoms with van der Waals surface area (Å²) in [7, 11) is 1.51. The molecule has 1 amide bonds. The second-order valence-electron chi connectivity index (χ2n) is 7.01. The molecule has 4 aromatic rings. The van der Waals surface area contributed by atoms with Gasteiger partial charge in [-0.25, -0.2) is 18.7 Å². The molecule has 0 aliphatic carbocycles. The van der Waals surface area contributed by atoms with Crippen molar-refractivity contribution < 1.29 is 18.3 Å². The molecule has 30 heavy (non-hydrogen) atoms. The third-order valence-corrected chi connectivity index (χ3v) is 5.58. The van der Waals surface area contributed by atoms with Gasteiger partial charge in [0, 0.05) is 24.7 Å². The number of ether oxygens (including phenoxy) is 1. The van der Waals surface area contributed by atoms with Crippen LogP contribution in [-0.4, -0.2) is 38.8 Å². The number of amides is 1. The van der Waals surface area contributed by atoms with Crippen LogP contribution in [0.25, 0.3) is 16.6 Å². The average Bonchev–Trinajstić information content (AvgIpc) is 3.35. The molecular weight excluding hydrogens is 416 g/mol. The minimum Gasteiger partial charge on any atom is -0.491 e. The number of halogens is 3. The highest BCUT2D eigenvalue weighted by molar-refractivity contribution is 6.30. The molecule has 152 valence electrons. The number of nitrogen functional groups attached to an aromatic ring is 1. The predicted octanol–water partition coefficient (Wildman–Crippen LogP) is 3.60. The highest BCUT2D eigenvalue weighted by Crippen LogP contribution is 2.39. The quantitative estimate of drug-likeness (QED) is 0.526. The Morgan fingerprint density at radius 3 is 2.87 bits per heavy atom. The van der Waals surface area contributed by atoms with E-state index in [9.17, 15) is 13.6 Å². The van der Waals surface area contributed by atoms with Gasteiger partial charge in [-0.3, -0.25) is 9.20 Å². The summed E-state index contributed by atoms with van der Waals surface area (Å²) in [6.07, 6.45) is 3.05. The Bertz CT molecular complexity index is 1360. The summed E-state index contributed by atoms with van der Waals surface area (Å²) in [5, 5.41) is -0.0694. The van der Waals surface area contributed by atoms with E-state index in [1.165, 1.54) is 42.7 Å². The molecule has 3 heterocycles. The third-order valence-electron chi connectivity index (χ3n) is 5.29. The third kappa shape index (κ3) is 2.66. The first-order valence-electron chi connectivity index (χ1n) is 8.95. The van der Waals surface area contributed by atoms with Crippen molar-refractivity contribution in [3.63, 3.8) is 0 Å². The minimum atomic E-state index is -0.743. The Labute approximate surface area is 173 Å². The van der Waals surface area contributed by atoms with E-state index in [1.807, 2.05) is 0 Å². The largest absolute Gasteiger partial charge is 0.491 e. The molecule has 0 unspecified atom stereocenters. The summed E-state index contributed by atoms with van der Waals surface area (Å²) in [4.78, 5) is 22.7. The van der Waals surface area contributed by atoms with Crippen molar-refractivity contribution in [2.24, 2.45) is 0 Å². The number of imidazole rings is 1. The van der Waals surface area contributed by atoms with Crippen LogP contribution in [-0.2, 0) is 0 Å². The lowest BCUT2D eigenvalue weighted by Gasteiger charge is -2.24. The van der Waals surface area contributed by atoms with Gasteiger partial charge in [0.25, 0.3) is 5.91 Å². The van der Waals surface area contributed by atoms with Gasteiger partial charge in [0.15, 0.2) is 0 Å². The molecule has 0 radical (unpaired) electrons. The Balaban J connectivity index is 1.58. The normalized spacial score (nSPS) is 15.4. The second-order valence-corrected chi connectivity index (χ2v) is 7.42. The lowest BCUT2D eigenvalue weighted by Crippen LogP contribution is -2.32. The van der Waals surface area contributed by atoms with Gasteiger partial charge >= 0.3 is 0 Å². The number of aromatic nitrogens is 3. The van der Waals surface area contributed by atoms with E-state index in [4.69, 9.17) is 22.1 Å². The van der Waals surface area contributed by atoms with Crippen LogP contribution in [0.4, 0.5) is 14.6 Å². The number of carbonyl (C=O) groups is 1. The van der Waals surface area contributed by atoms with Crippen LogP contribution in [0.5, 0.6) is 5.75 Å². The van der Waals surface area contributed by atoms with Gasteiger partial charge in [0.2, 0.25) is 0 Å². The highest BCUT2D eigenvalue weighted by Gasteiger charge is 2.33. The highest BCUT2D eigenvalue weighted by atomic mass is 35.5. The zero-order chi connectivity index (χ0) is 21.2. The summed E-state index contributed by atoms with van der Waals surface area (Å²) in [5.74, 6) is -1.35. The first-order valence-corrected chi connectivity index (χ1v) is 9.32. The molecule has 10 heteroatoms. The fourth-order valence-electron chi connectivity index (χ4n) is 3.70. The average molecular weight is 430 g/mol. The molecule has 2 aromatic carbocycles. The Morgan fingerprint density at radius 1 is 1.27 bits per heavy atom. The van der Waals surface area contributed by atoms with Crippen LogP contribution < -0.4 is 10.5 Å². The first kappa shape index (κ1) is 18.6. The van der Waals surface area contributed by atoms with Crippen molar-refractivity contribution in [2.45, 2.75) is 6.04 Å². The smallest absolute Gasteiger partial charge is 0.257 e. The van der Waals surface area contributed by atoms with Crippen molar-refractivity contribution in [3.05, 3.63) is 64.6 Å². The molecule has 0 saturated heterocycles. The van der Waals surface area contributed by atoms with Gasteiger partial charge in [0.1, 0.15) is 35.3 Å². The van der Waals surface area contributed by atoms with Crippen molar-refractivity contribution in [1.29, 1.82) is 0 Å². The molecule has 5 rings (SSSR count). The Kier molecular flexibility index (Phi) is 4.04. The Hall–Kier alpha value is -3.46. The zero-order valence-corrected chi connectivity index (χ0v) is 16.3. The molecule has 0 saturated carbocycles. The number of carbonyl (C=O) groups excluding carboxylic acids is 1. The number of hydrogen-bond acceptors (Lipinski definition) is 5. The van der Waals surface area contributed by atoms with Crippen LogP contribution in [0.15, 0.2) is 36.8 Å². The van der Waals surface area contributed by atoms with Crippen LogP contribution in [0.1, 0.15) is 22.0 Å². The standard InChI is InChI=1S/C20H14ClF2N5O2/c1-27(17-7-30-18-4-11(21)13(23)2-10(17)18)20(29)9-3-15-14(5-12(9)22)26-19(24)16-6-25-8-28(15)16/h2-6,8,17H,7H2,1H3,(H2,24,26)/t17-/m1/s1. The topological polar surface area (TPSA) is 85.8 Å². The van der Waals surface area contributed by atoms with Crippen LogP contribution in [0, 0.1) is 11.6 Å². The number of nitrogens with two attached hydrogens (primary N) is 1. The number of fused-ring (bicyclic) bond motifs is 4. The predicted molar refractivity (Wildman–Crippen MR) is 107 cm³/mol. The summed E-state index contributed by atoms with van der Waals surface area (Å²) in [6, 6.07) is 4.58. The maximum absolute atomic E-state index is 14.8. The summed E-state index contributed by atoms with van der Waals surface area (Å²) in [5.41, 5.74) is 7.53. The lowest BCUT2D eigenvalue weighted by molar-refractivity contribution is 0.0704. The number of nitrogens with zero attached hydrogens (tertiary/aromatic N) is 4. The molecule has 0 fully saturated rings. The van der Waals surface area contributed by atoms with Gasteiger partial charge in [-0.1, -0.05) is 11.6 Å². The lowest BCUT2D eigenvalue weighted by atomic mass is 10.1. The second kappa shape index (κ2) is 6.53. The van der Waals surface area contributed by atoms with Crippen molar-refractivity contribution in [3.8, 4) is 5.75 Å². The van der Waals surface area contributed by atoms with Gasteiger partial charge in [0.05, 0.1) is 40.2 Å². The molecule has 7 nitrogen and oxygen atoms in total. The zero-order valence-electron chi connectivity index (χ0n) is 15.6. The van der Waals surface area contributed by atoms with Gasteiger partial charge in [-0.2, -0.15) is 0 Å². The molecule has 2 N–H and O–H groups in total. The Morgan fingerprint density at radius 2 is 2.07 bits per heavy atom. The van der Waals surface area contributed by atoms with Crippen LogP contribution >= 0.6 is 11.6 Å². The molecule has 2 aromatic heterocycles. The maximum Gasteiger partial charge on any atom is 0.257 e. The van der Waals surface area contributed by atoms with Gasteiger partial charge in [-0.05, 0) is 12.1 Å². The first-order chi connectivity index (χ1) is 14.3. The summed E-state index contributed by atoms with van der Waals surface area (Å²) in [6.45, 7) is 0.108. The van der Waals surface area contributed by atoms with Crippen LogP contribution in [0.3, 0.4) is 0 Å². The van der Waals surface area contributed by atoms with E-state index < -0.39 is 23.6 Å². The monoisotopic (exact) mass is 429 g/mol. The van der Waals surface area contributed by atoms with E-state index in [1.54, 1.807) is 4.40 Å². The van der Waals surface area contributed by atoms with Crippen molar-refractivity contribution in [1.82, 2.24) is 19.3 Å². The molecule has 1 aliphatic heterocycles. The van der Waals surface area contributed by atoms with Crippen molar-refractivity contribution >= 4 is 39.9 Å². The fourth-order valence-corrected chi connectivity index (χ4v) is 3.85. The molecule has 1 aliphatic rings. The van der Waals surface area contributed by atoms with Crippen LogP contribution in [0.2, 0.25) is 5.02 Å². The SMILES string of the molecule is CN(C(=O)c1cc2c(cc1F)nc(N)c1cncn12)[C@@H]1COc2cc(Cl)c(F)cc21. The number of hydrogen-bond donors (Lipinski definition) is 1. The molecule has 0 spiro atoms.